The third-order valence-corrected chi connectivity index (χ3v) is 5.33. The van der Waals surface area contributed by atoms with Crippen LogP contribution in [-0.4, -0.2) is 31.2 Å². The van der Waals surface area contributed by atoms with Crippen LogP contribution in [0.4, 0.5) is 0 Å². The first kappa shape index (κ1) is 20.6. The average Bonchev–Trinajstić information content (AvgIpc) is 3.36. The summed E-state index contributed by atoms with van der Waals surface area (Å²) in [4.78, 5) is 13.0. The van der Waals surface area contributed by atoms with Crippen molar-refractivity contribution in [3.63, 3.8) is 0 Å². The van der Waals surface area contributed by atoms with E-state index in [1.165, 1.54) is 5.56 Å². The van der Waals surface area contributed by atoms with Gasteiger partial charge in [0.2, 0.25) is 0 Å². The molecule has 6 heteroatoms. The molecule has 160 valence electrons. The van der Waals surface area contributed by atoms with Crippen molar-refractivity contribution in [1.82, 2.24) is 9.88 Å². The van der Waals surface area contributed by atoms with E-state index in [1.807, 2.05) is 34.9 Å². The SMILES string of the molecule is COc1ccc(CCNC(=O)c2cc3occc3n2Cc2cccc(C)c2)cc1OC. The first-order chi connectivity index (χ1) is 15.1. The van der Waals surface area contributed by atoms with E-state index in [-0.39, 0.29) is 5.91 Å². The smallest absolute Gasteiger partial charge is 0.268 e. The fraction of sp³-hybridized carbons (Fsp3) is 0.240. The van der Waals surface area contributed by atoms with Gasteiger partial charge in [-0.05, 0) is 36.6 Å². The Hall–Kier alpha value is -3.67. The van der Waals surface area contributed by atoms with E-state index in [0.717, 1.165) is 16.6 Å². The molecule has 2 aromatic carbocycles. The molecule has 0 aliphatic carbocycles. The minimum Gasteiger partial charge on any atom is -0.493 e. The van der Waals surface area contributed by atoms with Crippen LogP contribution in [0.2, 0.25) is 0 Å². The number of methoxy groups -OCH3 is 2. The molecule has 0 aliphatic heterocycles. The molecule has 31 heavy (non-hydrogen) atoms. The number of fused-ring (bicyclic) bond motifs is 1. The number of amides is 1. The van der Waals surface area contributed by atoms with Gasteiger partial charge in [-0.3, -0.25) is 4.79 Å². The molecule has 6 nitrogen and oxygen atoms in total. The summed E-state index contributed by atoms with van der Waals surface area (Å²) in [7, 11) is 3.22. The number of hydrogen-bond donors (Lipinski definition) is 1. The Morgan fingerprint density at radius 2 is 1.84 bits per heavy atom. The molecule has 0 fully saturated rings. The molecule has 0 saturated carbocycles. The van der Waals surface area contributed by atoms with Crippen LogP contribution in [0.3, 0.4) is 0 Å². The Labute approximate surface area is 181 Å². The maximum atomic E-state index is 13.0. The van der Waals surface area contributed by atoms with Crippen molar-refractivity contribution in [2.75, 3.05) is 20.8 Å². The predicted molar refractivity (Wildman–Crippen MR) is 120 cm³/mol. The highest BCUT2D eigenvalue weighted by Crippen LogP contribution is 2.27. The number of furan rings is 1. The van der Waals surface area contributed by atoms with Crippen LogP contribution in [-0.2, 0) is 13.0 Å². The predicted octanol–water partition coefficient (Wildman–Crippen LogP) is 4.58. The van der Waals surface area contributed by atoms with Gasteiger partial charge >= 0.3 is 0 Å². The normalized spacial score (nSPS) is 10.9. The van der Waals surface area contributed by atoms with E-state index in [4.69, 9.17) is 13.9 Å². The zero-order valence-electron chi connectivity index (χ0n) is 18.0. The average molecular weight is 418 g/mol. The summed E-state index contributed by atoms with van der Waals surface area (Å²) in [6.07, 6.45) is 2.33. The Morgan fingerprint density at radius 1 is 1.00 bits per heavy atom. The Balaban J connectivity index is 1.48. The van der Waals surface area contributed by atoms with Crippen molar-refractivity contribution in [2.45, 2.75) is 19.9 Å². The monoisotopic (exact) mass is 418 g/mol. The number of aromatic nitrogens is 1. The van der Waals surface area contributed by atoms with Crippen LogP contribution in [0, 0.1) is 6.92 Å². The lowest BCUT2D eigenvalue weighted by Crippen LogP contribution is -2.28. The molecule has 0 radical (unpaired) electrons. The van der Waals surface area contributed by atoms with Crippen LogP contribution in [0.15, 0.2) is 65.3 Å². The lowest BCUT2D eigenvalue weighted by atomic mass is 10.1. The Bertz CT molecular complexity index is 1210. The van der Waals surface area contributed by atoms with E-state index < -0.39 is 0 Å². The first-order valence-corrected chi connectivity index (χ1v) is 10.2. The molecule has 0 aliphatic rings. The molecule has 2 heterocycles. The van der Waals surface area contributed by atoms with E-state index in [9.17, 15) is 4.79 Å². The van der Waals surface area contributed by atoms with Crippen LogP contribution in [0.1, 0.15) is 27.2 Å². The zero-order valence-corrected chi connectivity index (χ0v) is 18.0. The molecule has 4 aromatic rings. The molecule has 0 spiro atoms. The van der Waals surface area contributed by atoms with Gasteiger partial charge in [-0.25, -0.2) is 0 Å². The van der Waals surface area contributed by atoms with E-state index in [0.29, 0.717) is 42.3 Å². The van der Waals surface area contributed by atoms with Crippen molar-refractivity contribution in [3.05, 3.63) is 83.2 Å². The number of benzene rings is 2. The summed E-state index contributed by atoms with van der Waals surface area (Å²) in [6, 6.07) is 17.8. The maximum absolute atomic E-state index is 13.0. The topological polar surface area (TPSA) is 65.6 Å². The summed E-state index contributed by atoms with van der Waals surface area (Å²) >= 11 is 0. The Kier molecular flexibility index (Phi) is 5.98. The second-order valence-corrected chi connectivity index (χ2v) is 7.47. The number of ether oxygens (including phenoxy) is 2. The number of carbonyl (C=O) groups is 1. The van der Waals surface area contributed by atoms with Gasteiger partial charge < -0.3 is 23.8 Å². The quantitative estimate of drug-likeness (QED) is 0.455. The summed E-state index contributed by atoms with van der Waals surface area (Å²) in [5.74, 6) is 1.24. The van der Waals surface area contributed by atoms with Crippen LogP contribution >= 0.6 is 0 Å². The first-order valence-electron chi connectivity index (χ1n) is 10.2. The minimum atomic E-state index is -0.125. The van der Waals surface area contributed by atoms with Crippen LogP contribution in [0.25, 0.3) is 11.1 Å². The van der Waals surface area contributed by atoms with Gasteiger partial charge in [-0.1, -0.05) is 35.9 Å². The Morgan fingerprint density at radius 3 is 2.61 bits per heavy atom. The van der Waals surface area contributed by atoms with E-state index in [1.54, 1.807) is 26.5 Å². The molecule has 0 atom stereocenters. The molecule has 0 unspecified atom stereocenters. The minimum absolute atomic E-state index is 0.125. The van der Waals surface area contributed by atoms with Crippen molar-refractivity contribution in [1.29, 1.82) is 0 Å². The van der Waals surface area contributed by atoms with Gasteiger partial charge in [0, 0.05) is 25.2 Å². The van der Waals surface area contributed by atoms with Crippen molar-refractivity contribution in [2.24, 2.45) is 0 Å². The second kappa shape index (κ2) is 9.00. The van der Waals surface area contributed by atoms with Gasteiger partial charge in [-0.2, -0.15) is 0 Å². The number of aryl methyl sites for hydroxylation is 1. The number of rotatable bonds is 8. The van der Waals surface area contributed by atoms with E-state index in [2.05, 4.69) is 30.4 Å². The molecule has 1 amide bonds. The highest BCUT2D eigenvalue weighted by Gasteiger charge is 2.17. The van der Waals surface area contributed by atoms with Gasteiger partial charge in [-0.15, -0.1) is 0 Å². The fourth-order valence-corrected chi connectivity index (χ4v) is 3.78. The third-order valence-electron chi connectivity index (χ3n) is 5.33. The maximum Gasteiger partial charge on any atom is 0.268 e. The fourth-order valence-electron chi connectivity index (χ4n) is 3.78. The highest BCUT2D eigenvalue weighted by atomic mass is 16.5. The van der Waals surface area contributed by atoms with Gasteiger partial charge in [0.25, 0.3) is 5.91 Å². The van der Waals surface area contributed by atoms with Gasteiger partial charge in [0.05, 0.1) is 26.0 Å². The molecule has 4 rings (SSSR count). The van der Waals surface area contributed by atoms with Crippen LogP contribution < -0.4 is 14.8 Å². The summed E-state index contributed by atoms with van der Waals surface area (Å²) in [6.45, 7) is 3.17. The van der Waals surface area contributed by atoms with Crippen molar-refractivity contribution in [3.8, 4) is 11.5 Å². The van der Waals surface area contributed by atoms with Crippen molar-refractivity contribution >= 4 is 17.0 Å². The number of carbonyl (C=O) groups excluding carboxylic acids is 1. The zero-order chi connectivity index (χ0) is 21.8. The molecule has 0 bridgehead atoms. The van der Waals surface area contributed by atoms with Crippen LogP contribution in [0.5, 0.6) is 11.5 Å². The molecular weight excluding hydrogens is 392 g/mol. The molecule has 0 saturated heterocycles. The summed E-state index contributed by atoms with van der Waals surface area (Å²) < 4.78 is 18.2. The van der Waals surface area contributed by atoms with Gasteiger partial charge in [0.15, 0.2) is 17.1 Å². The lowest BCUT2D eigenvalue weighted by molar-refractivity contribution is 0.0945. The molecular formula is C25H26N2O4. The van der Waals surface area contributed by atoms with Crippen molar-refractivity contribution < 1.29 is 18.7 Å². The highest BCUT2D eigenvalue weighted by molar-refractivity contribution is 5.97. The number of hydrogen-bond acceptors (Lipinski definition) is 4. The standard InChI is InChI=1S/C25H26N2O4/c1-17-5-4-6-19(13-17)16-27-20-10-12-31-23(20)15-21(27)25(28)26-11-9-18-7-8-22(29-2)24(14-18)30-3/h4-8,10,12-15H,9,11,16H2,1-3H3,(H,26,28). The lowest BCUT2D eigenvalue weighted by Gasteiger charge is -2.12. The van der Waals surface area contributed by atoms with Gasteiger partial charge in [0.1, 0.15) is 5.69 Å². The third kappa shape index (κ3) is 4.43. The molecule has 2 aromatic heterocycles. The summed E-state index contributed by atoms with van der Waals surface area (Å²) in [5.41, 5.74) is 5.58. The largest absolute Gasteiger partial charge is 0.493 e. The molecule has 1 N–H and O–H groups in total. The summed E-state index contributed by atoms with van der Waals surface area (Å²) in [5, 5.41) is 3.03. The second-order valence-electron chi connectivity index (χ2n) is 7.47. The number of nitrogens with one attached hydrogen (secondary N) is 1. The number of nitrogens with zero attached hydrogens (tertiary/aromatic N) is 1. The van der Waals surface area contributed by atoms with E-state index >= 15 is 0 Å².